The zero-order chi connectivity index (χ0) is 20.1. The number of hydrogen-bond acceptors (Lipinski definition) is 5. The Bertz CT molecular complexity index is 945. The summed E-state index contributed by atoms with van der Waals surface area (Å²) in [6, 6.07) is 3.55. The van der Waals surface area contributed by atoms with Gasteiger partial charge in [0.05, 0.1) is 10.2 Å². The van der Waals surface area contributed by atoms with Gasteiger partial charge in [-0.1, -0.05) is 13.8 Å². The minimum absolute atomic E-state index is 0.186. The molecule has 9 heteroatoms. The number of aromatic nitrogens is 5. The van der Waals surface area contributed by atoms with Gasteiger partial charge >= 0.3 is 0 Å². The summed E-state index contributed by atoms with van der Waals surface area (Å²) in [5, 5.41) is 12.0. The van der Waals surface area contributed by atoms with Crippen molar-refractivity contribution < 1.29 is 4.79 Å². The third-order valence-electron chi connectivity index (χ3n) is 4.71. The van der Waals surface area contributed by atoms with E-state index in [-0.39, 0.29) is 5.91 Å². The van der Waals surface area contributed by atoms with Gasteiger partial charge < -0.3 is 10.2 Å². The molecule has 3 heterocycles. The predicted molar refractivity (Wildman–Crippen MR) is 112 cm³/mol. The van der Waals surface area contributed by atoms with Crippen molar-refractivity contribution in [1.29, 1.82) is 0 Å². The molecule has 0 aliphatic carbocycles. The molecular weight excluding hydrogens is 422 g/mol. The standard InChI is InChI=1S/C19H26BrN7O/c1-4-25(5-2)11-7-9-22-19(28)15-12-17-21-10-8-16(27(17)23-15)18-14(20)13-26(6-3)24-18/h8,10,12-13H,4-7,9,11H2,1-3H3,(H,22,28). The third kappa shape index (κ3) is 4.41. The Morgan fingerprint density at radius 3 is 2.71 bits per heavy atom. The van der Waals surface area contributed by atoms with Crippen LogP contribution >= 0.6 is 15.9 Å². The first-order valence-electron chi connectivity index (χ1n) is 9.66. The fourth-order valence-electron chi connectivity index (χ4n) is 3.05. The van der Waals surface area contributed by atoms with E-state index in [0.29, 0.717) is 17.9 Å². The Morgan fingerprint density at radius 2 is 2.04 bits per heavy atom. The fraction of sp³-hybridized carbons (Fsp3) is 0.474. The number of nitrogens with one attached hydrogen (secondary N) is 1. The molecule has 0 spiro atoms. The maximum Gasteiger partial charge on any atom is 0.271 e. The van der Waals surface area contributed by atoms with E-state index in [1.807, 2.05) is 23.9 Å². The molecule has 0 atom stereocenters. The van der Waals surface area contributed by atoms with Gasteiger partial charge in [-0.15, -0.1) is 0 Å². The number of amides is 1. The highest BCUT2D eigenvalue weighted by Crippen LogP contribution is 2.26. The molecule has 0 saturated heterocycles. The summed E-state index contributed by atoms with van der Waals surface area (Å²) in [5.74, 6) is -0.186. The quantitative estimate of drug-likeness (QED) is 0.510. The lowest BCUT2D eigenvalue weighted by molar-refractivity contribution is 0.0946. The summed E-state index contributed by atoms with van der Waals surface area (Å²) in [7, 11) is 0. The van der Waals surface area contributed by atoms with Crippen LogP contribution in [-0.4, -0.2) is 61.4 Å². The first-order chi connectivity index (χ1) is 13.6. The van der Waals surface area contributed by atoms with E-state index < -0.39 is 0 Å². The van der Waals surface area contributed by atoms with Crippen LogP contribution in [0.3, 0.4) is 0 Å². The summed E-state index contributed by atoms with van der Waals surface area (Å²) in [4.78, 5) is 19.2. The first-order valence-corrected chi connectivity index (χ1v) is 10.4. The molecule has 28 heavy (non-hydrogen) atoms. The summed E-state index contributed by atoms with van der Waals surface area (Å²) >= 11 is 3.55. The molecule has 3 rings (SSSR count). The predicted octanol–water partition coefficient (Wildman–Crippen LogP) is 2.84. The Labute approximate surface area is 173 Å². The van der Waals surface area contributed by atoms with E-state index in [0.717, 1.165) is 48.5 Å². The smallest absolute Gasteiger partial charge is 0.271 e. The molecule has 3 aromatic rings. The molecule has 1 N–H and O–H groups in total. The van der Waals surface area contributed by atoms with Crippen molar-refractivity contribution in [2.75, 3.05) is 26.2 Å². The Kier molecular flexibility index (Phi) is 6.79. The van der Waals surface area contributed by atoms with E-state index in [1.165, 1.54) is 0 Å². The van der Waals surface area contributed by atoms with Crippen molar-refractivity contribution in [3.8, 4) is 11.4 Å². The maximum absolute atomic E-state index is 12.5. The van der Waals surface area contributed by atoms with Crippen LogP contribution in [0.15, 0.2) is 29.0 Å². The summed E-state index contributed by atoms with van der Waals surface area (Å²) < 4.78 is 4.39. The van der Waals surface area contributed by atoms with Crippen LogP contribution in [0.2, 0.25) is 0 Å². The molecule has 0 unspecified atom stereocenters. The third-order valence-corrected chi connectivity index (χ3v) is 5.29. The van der Waals surface area contributed by atoms with Crippen molar-refractivity contribution in [2.45, 2.75) is 33.7 Å². The van der Waals surface area contributed by atoms with Gasteiger partial charge in [-0.3, -0.25) is 9.48 Å². The molecule has 0 aliphatic rings. The van der Waals surface area contributed by atoms with Gasteiger partial charge in [0.15, 0.2) is 11.3 Å². The topological polar surface area (TPSA) is 80.4 Å². The van der Waals surface area contributed by atoms with Crippen LogP contribution in [0.25, 0.3) is 17.0 Å². The minimum Gasteiger partial charge on any atom is -0.351 e. The van der Waals surface area contributed by atoms with Crippen molar-refractivity contribution in [3.63, 3.8) is 0 Å². The van der Waals surface area contributed by atoms with Gasteiger partial charge in [-0.05, 0) is 55.0 Å². The first kappa shape index (κ1) is 20.5. The van der Waals surface area contributed by atoms with Gasteiger partial charge in [-0.2, -0.15) is 10.2 Å². The van der Waals surface area contributed by atoms with Gasteiger partial charge in [0.25, 0.3) is 5.91 Å². The highest BCUT2D eigenvalue weighted by atomic mass is 79.9. The Morgan fingerprint density at radius 1 is 1.25 bits per heavy atom. The summed E-state index contributed by atoms with van der Waals surface area (Å²) in [6.07, 6.45) is 4.54. The number of carbonyl (C=O) groups excluding carboxylic acids is 1. The monoisotopic (exact) mass is 447 g/mol. The highest BCUT2D eigenvalue weighted by molar-refractivity contribution is 9.10. The lowest BCUT2D eigenvalue weighted by atomic mass is 10.3. The lowest BCUT2D eigenvalue weighted by Crippen LogP contribution is -2.30. The van der Waals surface area contributed by atoms with E-state index >= 15 is 0 Å². The molecule has 3 aromatic heterocycles. The second-order valence-electron chi connectivity index (χ2n) is 6.45. The molecular formula is C19H26BrN7O. The van der Waals surface area contributed by atoms with E-state index in [9.17, 15) is 4.79 Å². The van der Waals surface area contributed by atoms with Crippen LogP contribution in [0.5, 0.6) is 0 Å². The number of carbonyl (C=O) groups is 1. The normalized spacial score (nSPS) is 11.5. The zero-order valence-corrected chi connectivity index (χ0v) is 18.1. The van der Waals surface area contributed by atoms with Crippen molar-refractivity contribution >= 4 is 27.5 Å². The van der Waals surface area contributed by atoms with Crippen molar-refractivity contribution in [2.24, 2.45) is 0 Å². The lowest BCUT2D eigenvalue weighted by Gasteiger charge is -2.17. The van der Waals surface area contributed by atoms with Gasteiger partial charge in [-0.25, -0.2) is 9.50 Å². The SMILES string of the molecule is CCN(CC)CCCNC(=O)c1cc2nccc(-c3nn(CC)cc3Br)n2n1. The molecule has 0 aliphatic heterocycles. The largest absolute Gasteiger partial charge is 0.351 e. The average Bonchev–Trinajstić information content (AvgIpc) is 3.31. The van der Waals surface area contributed by atoms with Crippen molar-refractivity contribution in [3.05, 3.63) is 34.7 Å². The molecule has 8 nitrogen and oxygen atoms in total. The summed E-state index contributed by atoms with van der Waals surface area (Å²) in [5.41, 5.74) is 2.52. The zero-order valence-electron chi connectivity index (χ0n) is 16.5. The van der Waals surface area contributed by atoms with E-state index in [4.69, 9.17) is 0 Å². The van der Waals surface area contributed by atoms with Gasteiger partial charge in [0.2, 0.25) is 0 Å². The van der Waals surface area contributed by atoms with Crippen molar-refractivity contribution in [1.82, 2.24) is 34.6 Å². The van der Waals surface area contributed by atoms with Gasteiger partial charge in [0.1, 0.15) is 5.69 Å². The van der Waals surface area contributed by atoms with Gasteiger partial charge in [0, 0.05) is 31.5 Å². The second kappa shape index (κ2) is 9.29. The van der Waals surface area contributed by atoms with Crippen LogP contribution < -0.4 is 5.32 Å². The number of fused-ring (bicyclic) bond motifs is 1. The van der Waals surface area contributed by atoms with Crippen LogP contribution in [-0.2, 0) is 6.54 Å². The fourth-order valence-corrected chi connectivity index (χ4v) is 3.57. The molecule has 0 bridgehead atoms. The molecule has 0 saturated carbocycles. The number of hydrogen-bond donors (Lipinski definition) is 1. The molecule has 0 fully saturated rings. The van der Waals surface area contributed by atoms with Crippen LogP contribution in [0.4, 0.5) is 0 Å². The molecule has 0 radical (unpaired) electrons. The Balaban J connectivity index is 1.75. The molecule has 0 aromatic carbocycles. The van der Waals surface area contributed by atoms with E-state index in [2.05, 4.69) is 55.2 Å². The average molecular weight is 448 g/mol. The highest BCUT2D eigenvalue weighted by Gasteiger charge is 2.17. The van der Waals surface area contributed by atoms with Crippen LogP contribution in [0.1, 0.15) is 37.7 Å². The molecule has 150 valence electrons. The number of aryl methyl sites for hydroxylation is 1. The van der Waals surface area contributed by atoms with Crippen LogP contribution in [0, 0.1) is 0 Å². The minimum atomic E-state index is -0.186. The molecule has 1 amide bonds. The maximum atomic E-state index is 12.5. The number of halogens is 1. The van der Waals surface area contributed by atoms with E-state index in [1.54, 1.807) is 16.8 Å². The Hall–Kier alpha value is -2.26. The second-order valence-corrected chi connectivity index (χ2v) is 7.30. The number of rotatable bonds is 9. The summed E-state index contributed by atoms with van der Waals surface area (Å²) in [6.45, 7) is 10.7. The number of nitrogens with zero attached hydrogens (tertiary/aromatic N) is 6.